The maximum atomic E-state index is 5.16. The Balaban J connectivity index is 0.00000256. The van der Waals surface area contributed by atoms with Gasteiger partial charge in [-0.15, -0.1) is 27.7 Å². The van der Waals surface area contributed by atoms with Gasteiger partial charge in [-0.3, -0.25) is 5.43 Å². The first-order chi connectivity index (χ1) is 7.58. The second-order valence-electron chi connectivity index (χ2n) is 2.73. The predicted octanol–water partition coefficient (Wildman–Crippen LogP) is 1.04. The molecule has 0 spiro atoms. The largest absolute Gasteiger partial charge is 0.373 e. The molecule has 92 valence electrons. The van der Waals surface area contributed by atoms with Gasteiger partial charge in [0.05, 0.1) is 11.4 Å². The van der Waals surface area contributed by atoms with Crippen molar-refractivity contribution >= 4 is 47.1 Å². The summed E-state index contributed by atoms with van der Waals surface area (Å²) in [7, 11) is 0. The third-order valence-electron chi connectivity index (χ3n) is 1.45. The summed E-state index contributed by atoms with van der Waals surface area (Å²) in [6.45, 7) is 0. The molecule has 0 saturated carbocycles. The van der Waals surface area contributed by atoms with E-state index in [0.29, 0.717) is 5.69 Å². The van der Waals surface area contributed by atoms with Crippen LogP contribution in [0.2, 0.25) is 0 Å². The summed E-state index contributed by atoms with van der Waals surface area (Å²) in [6, 6.07) is 6.90. The maximum absolute atomic E-state index is 5.16. The summed E-state index contributed by atoms with van der Waals surface area (Å²) in [6.07, 6.45) is 0. The minimum Gasteiger partial charge on any atom is -0.373 e. The van der Waals surface area contributed by atoms with Gasteiger partial charge in [0, 0.05) is 0 Å². The van der Waals surface area contributed by atoms with E-state index < -0.39 is 0 Å². The van der Waals surface area contributed by atoms with Crippen molar-refractivity contribution in [1.82, 2.24) is 0 Å². The molecule has 1 rings (SSSR count). The Bertz CT molecular complexity index is 424. The van der Waals surface area contributed by atoms with E-state index in [1.54, 1.807) is 24.3 Å². The number of anilines is 1. The second-order valence-corrected chi connectivity index (χ2v) is 3.15. The lowest BCUT2D eigenvalue weighted by atomic mass is 10.3. The zero-order chi connectivity index (χ0) is 12.0. The Kier molecular flexibility index (Phi) is 6.53. The molecule has 1 aromatic carbocycles. The zero-order valence-electron chi connectivity index (χ0n) is 8.70. The second kappa shape index (κ2) is 7.36. The number of nitrogens with one attached hydrogen (secondary N) is 1. The molecule has 0 radical (unpaired) electrons. The topological polar surface area (TPSA) is 127 Å². The van der Waals surface area contributed by atoms with E-state index in [1.165, 1.54) is 0 Å². The molecule has 0 aliphatic carbocycles. The van der Waals surface area contributed by atoms with Crippen molar-refractivity contribution in [1.29, 1.82) is 0 Å². The fourth-order valence-electron chi connectivity index (χ4n) is 0.839. The van der Waals surface area contributed by atoms with Gasteiger partial charge in [0.15, 0.2) is 0 Å². The molecule has 0 aliphatic heterocycles. The smallest absolute Gasteiger partial charge is 0.211 e. The first kappa shape index (κ1) is 15.1. The Morgan fingerprint density at radius 3 is 2.18 bits per heavy atom. The quantitative estimate of drug-likeness (QED) is 0.215. The molecule has 17 heavy (non-hydrogen) atoms. The number of thiocarbonyl (C=S) groups is 1. The standard InChI is InChI=1S/C8H11N7S.ClH/c9-7(10)14-12-5-1-3-6(4-2-5)13-15-8(11)16;/h1-4,12H,(H2,11,16)(H4,9,10,14);1H. The summed E-state index contributed by atoms with van der Waals surface area (Å²) in [5.41, 5.74) is 19.5. The van der Waals surface area contributed by atoms with Gasteiger partial charge in [0.1, 0.15) is 0 Å². The molecule has 0 saturated heterocycles. The third kappa shape index (κ3) is 6.28. The van der Waals surface area contributed by atoms with Gasteiger partial charge in [-0.25, -0.2) is 0 Å². The Hall–Kier alpha value is -1.93. The number of halogens is 1. The highest BCUT2D eigenvalue weighted by Crippen LogP contribution is 2.16. The van der Waals surface area contributed by atoms with Gasteiger partial charge in [-0.2, -0.15) is 0 Å². The Morgan fingerprint density at radius 1 is 1.12 bits per heavy atom. The molecular formula is C8H12ClN7S. The van der Waals surface area contributed by atoms with Crippen LogP contribution >= 0.6 is 24.6 Å². The molecule has 0 unspecified atom stereocenters. The highest BCUT2D eigenvalue weighted by molar-refractivity contribution is 7.80. The number of hydrazone groups is 1. The van der Waals surface area contributed by atoms with E-state index in [2.05, 4.69) is 33.0 Å². The van der Waals surface area contributed by atoms with E-state index in [9.17, 15) is 0 Å². The molecule has 0 fully saturated rings. The van der Waals surface area contributed by atoms with E-state index in [0.717, 1.165) is 5.69 Å². The van der Waals surface area contributed by atoms with Crippen LogP contribution in [0, 0.1) is 0 Å². The van der Waals surface area contributed by atoms with Crippen LogP contribution in [0.15, 0.2) is 39.6 Å². The molecule has 9 heteroatoms. The average molecular weight is 274 g/mol. The van der Waals surface area contributed by atoms with Gasteiger partial charge in [-0.1, -0.05) is 0 Å². The summed E-state index contributed by atoms with van der Waals surface area (Å²) in [5.74, 6) is -0.0442. The van der Waals surface area contributed by atoms with Gasteiger partial charge >= 0.3 is 0 Å². The highest BCUT2D eigenvalue weighted by Gasteiger charge is 1.92. The normalized spacial score (nSPS) is 9.41. The van der Waals surface area contributed by atoms with Crippen LogP contribution in [0.5, 0.6) is 0 Å². The van der Waals surface area contributed by atoms with Crippen LogP contribution in [-0.2, 0) is 0 Å². The number of azo groups is 1. The molecule has 7 N–H and O–H groups in total. The maximum Gasteiger partial charge on any atom is 0.211 e. The lowest BCUT2D eigenvalue weighted by Crippen LogP contribution is -2.23. The number of nitrogens with zero attached hydrogens (tertiary/aromatic N) is 3. The SMILES string of the molecule is Cl.NC(=S)N=Nc1ccc(NN=C(N)N)cc1. The van der Waals surface area contributed by atoms with Crippen LogP contribution in [-0.4, -0.2) is 11.1 Å². The highest BCUT2D eigenvalue weighted by atomic mass is 35.5. The summed E-state index contributed by atoms with van der Waals surface area (Å²) < 4.78 is 0. The van der Waals surface area contributed by atoms with Crippen LogP contribution in [0.25, 0.3) is 0 Å². The molecule has 0 atom stereocenters. The molecular weight excluding hydrogens is 262 g/mol. The summed E-state index contributed by atoms with van der Waals surface area (Å²) in [5, 5.41) is 10.9. The number of benzene rings is 1. The minimum absolute atomic E-state index is 0. The van der Waals surface area contributed by atoms with E-state index in [-0.39, 0.29) is 23.5 Å². The van der Waals surface area contributed by atoms with Crippen molar-refractivity contribution in [3.05, 3.63) is 24.3 Å². The van der Waals surface area contributed by atoms with Crippen LogP contribution in [0.1, 0.15) is 0 Å². The van der Waals surface area contributed by atoms with Gasteiger partial charge < -0.3 is 17.2 Å². The van der Waals surface area contributed by atoms with Crippen molar-refractivity contribution in [2.75, 3.05) is 5.43 Å². The fourth-order valence-corrected chi connectivity index (χ4v) is 0.880. The number of nitrogens with two attached hydrogens (primary N) is 3. The molecule has 0 heterocycles. The van der Waals surface area contributed by atoms with Crippen molar-refractivity contribution < 1.29 is 0 Å². The van der Waals surface area contributed by atoms with E-state index in [4.69, 9.17) is 17.2 Å². The first-order valence-electron chi connectivity index (χ1n) is 4.24. The fraction of sp³-hybridized carbons (Fsp3) is 0. The van der Waals surface area contributed by atoms with Gasteiger partial charge in [0.25, 0.3) is 0 Å². The molecule has 1 aromatic rings. The molecule has 0 amide bonds. The van der Waals surface area contributed by atoms with Crippen molar-refractivity contribution in [2.24, 2.45) is 32.5 Å². The Labute approximate surface area is 110 Å². The predicted molar refractivity (Wildman–Crippen MR) is 74.4 cm³/mol. The number of hydrogen-bond donors (Lipinski definition) is 4. The Morgan fingerprint density at radius 2 is 1.71 bits per heavy atom. The number of guanidine groups is 1. The number of rotatable bonds is 3. The summed E-state index contributed by atoms with van der Waals surface area (Å²) >= 11 is 4.55. The lowest BCUT2D eigenvalue weighted by Gasteiger charge is -2.00. The average Bonchev–Trinajstić information content (AvgIpc) is 2.25. The van der Waals surface area contributed by atoms with Crippen molar-refractivity contribution in [2.45, 2.75) is 0 Å². The summed E-state index contributed by atoms with van der Waals surface area (Å²) in [4.78, 5) is 0. The van der Waals surface area contributed by atoms with E-state index >= 15 is 0 Å². The zero-order valence-corrected chi connectivity index (χ0v) is 10.3. The number of hydrogen-bond acceptors (Lipinski definition) is 4. The molecule has 0 bridgehead atoms. The van der Waals surface area contributed by atoms with Gasteiger partial charge in [0.2, 0.25) is 11.1 Å². The third-order valence-corrected chi connectivity index (χ3v) is 1.53. The minimum atomic E-state index is -0.0442. The van der Waals surface area contributed by atoms with Crippen molar-refractivity contribution in [3.63, 3.8) is 0 Å². The first-order valence-corrected chi connectivity index (χ1v) is 4.64. The van der Waals surface area contributed by atoms with Crippen LogP contribution in [0.3, 0.4) is 0 Å². The van der Waals surface area contributed by atoms with Crippen molar-refractivity contribution in [3.8, 4) is 0 Å². The molecule has 7 nitrogen and oxygen atoms in total. The molecule has 0 aliphatic rings. The lowest BCUT2D eigenvalue weighted by molar-refractivity contribution is 1.26. The van der Waals surface area contributed by atoms with Crippen LogP contribution < -0.4 is 22.6 Å². The van der Waals surface area contributed by atoms with E-state index in [1.807, 2.05) is 0 Å². The van der Waals surface area contributed by atoms with Gasteiger partial charge in [-0.05, 0) is 36.5 Å². The molecule has 0 aromatic heterocycles. The van der Waals surface area contributed by atoms with Crippen LogP contribution in [0.4, 0.5) is 11.4 Å². The monoisotopic (exact) mass is 273 g/mol.